The van der Waals surface area contributed by atoms with Gasteiger partial charge in [0, 0.05) is 44.2 Å². The number of hydrogen-bond donors (Lipinski definition) is 1. The van der Waals surface area contributed by atoms with Crippen molar-refractivity contribution < 1.29 is 22.8 Å². The molecule has 0 saturated heterocycles. The zero-order valence-electron chi connectivity index (χ0n) is 16.9. The van der Waals surface area contributed by atoms with Crippen LogP contribution in [0.2, 0.25) is 0 Å². The van der Waals surface area contributed by atoms with Crippen molar-refractivity contribution in [1.82, 2.24) is 15.2 Å². The van der Waals surface area contributed by atoms with Gasteiger partial charge >= 0.3 is 6.18 Å². The van der Waals surface area contributed by atoms with Gasteiger partial charge in [0.15, 0.2) is 0 Å². The van der Waals surface area contributed by atoms with E-state index >= 15 is 0 Å². The summed E-state index contributed by atoms with van der Waals surface area (Å²) < 4.78 is 38.7. The first-order valence-electron chi connectivity index (χ1n) is 9.80. The summed E-state index contributed by atoms with van der Waals surface area (Å²) in [7, 11) is 3.31. The number of hydrogen-bond acceptors (Lipinski definition) is 3. The Balaban J connectivity index is 1.75. The van der Waals surface area contributed by atoms with Crippen molar-refractivity contribution in [3.63, 3.8) is 0 Å². The van der Waals surface area contributed by atoms with Gasteiger partial charge in [-0.3, -0.25) is 14.6 Å². The molecular weight excluding hydrogens is 395 g/mol. The zero-order valence-corrected chi connectivity index (χ0v) is 16.9. The smallest absolute Gasteiger partial charge is 0.351 e. The molecule has 1 atom stereocenters. The average Bonchev–Trinajstić information content (AvgIpc) is 2.72. The number of nitrogens with zero attached hydrogens (tertiary/aromatic N) is 2. The second-order valence-electron chi connectivity index (χ2n) is 7.64. The van der Waals surface area contributed by atoms with E-state index in [0.29, 0.717) is 17.5 Å². The minimum absolute atomic E-state index is 0.0264. The van der Waals surface area contributed by atoms with E-state index in [-0.39, 0.29) is 37.6 Å². The van der Waals surface area contributed by atoms with Gasteiger partial charge in [0.2, 0.25) is 5.91 Å². The fourth-order valence-corrected chi connectivity index (χ4v) is 3.53. The molecule has 1 N–H and O–H groups in total. The molecule has 1 aliphatic rings. The SMILES string of the molecule is CN(C)C(=O)CCNC(=O)c1cnc2c(C3=CCC(C(F)(F)F)CC3)cccc2c1. The van der Waals surface area contributed by atoms with Crippen LogP contribution in [0.15, 0.2) is 36.5 Å². The Morgan fingerprint density at radius 2 is 2.03 bits per heavy atom. The first-order chi connectivity index (χ1) is 14.2. The lowest BCUT2D eigenvalue weighted by Gasteiger charge is -2.24. The predicted molar refractivity (Wildman–Crippen MR) is 109 cm³/mol. The lowest BCUT2D eigenvalue weighted by molar-refractivity contribution is -0.175. The molecule has 1 unspecified atom stereocenters. The van der Waals surface area contributed by atoms with Crippen molar-refractivity contribution in [1.29, 1.82) is 0 Å². The maximum atomic E-state index is 12.9. The summed E-state index contributed by atoms with van der Waals surface area (Å²) in [6.07, 6.45) is -0.473. The molecule has 2 amide bonds. The van der Waals surface area contributed by atoms with Crippen LogP contribution in [0.4, 0.5) is 13.2 Å². The van der Waals surface area contributed by atoms with Crippen LogP contribution < -0.4 is 5.32 Å². The molecule has 30 heavy (non-hydrogen) atoms. The van der Waals surface area contributed by atoms with Crippen molar-refractivity contribution in [2.75, 3.05) is 20.6 Å². The van der Waals surface area contributed by atoms with E-state index < -0.39 is 12.1 Å². The van der Waals surface area contributed by atoms with Crippen molar-refractivity contribution in [3.8, 4) is 0 Å². The minimum Gasteiger partial charge on any atom is -0.351 e. The van der Waals surface area contributed by atoms with Crippen molar-refractivity contribution >= 4 is 28.3 Å². The third-order valence-corrected chi connectivity index (χ3v) is 5.32. The number of amides is 2. The lowest BCUT2D eigenvalue weighted by atomic mass is 9.85. The lowest BCUT2D eigenvalue weighted by Crippen LogP contribution is -2.30. The number of carbonyl (C=O) groups is 2. The standard InChI is InChI=1S/C22H24F3N3O2/c1-28(2)19(29)10-11-26-21(30)16-12-15-4-3-5-18(20(15)27-13-16)14-6-8-17(9-7-14)22(23,24)25/h3-6,12-13,17H,7-11H2,1-2H3,(H,26,30). The molecule has 1 aromatic heterocycles. The predicted octanol–water partition coefficient (Wildman–Crippen LogP) is 4.19. The van der Waals surface area contributed by atoms with Gasteiger partial charge in [-0.2, -0.15) is 13.2 Å². The Hall–Kier alpha value is -2.90. The summed E-state index contributed by atoms with van der Waals surface area (Å²) >= 11 is 0. The quantitative estimate of drug-likeness (QED) is 0.791. The number of carbonyl (C=O) groups excluding carboxylic acids is 2. The second-order valence-corrected chi connectivity index (χ2v) is 7.64. The number of nitrogens with one attached hydrogen (secondary N) is 1. The highest BCUT2D eigenvalue weighted by Gasteiger charge is 2.39. The highest BCUT2D eigenvalue weighted by atomic mass is 19.4. The highest BCUT2D eigenvalue weighted by Crippen LogP contribution is 2.40. The van der Waals surface area contributed by atoms with Crippen LogP contribution in [0.3, 0.4) is 0 Å². The Morgan fingerprint density at radius 3 is 2.67 bits per heavy atom. The average molecular weight is 419 g/mol. The molecule has 8 heteroatoms. The molecule has 0 saturated carbocycles. The number of halogens is 3. The first kappa shape index (κ1) is 21.8. The number of aromatic nitrogens is 1. The number of benzene rings is 1. The highest BCUT2D eigenvalue weighted by molar-refractivity contribution is 5.99. The van der Waals surface area contributed by atoms with E-state index in [1.807, 2.05) is 18.2 Å². The van der Waals surface area contributed by atoms with Crippen molar-refractivity contribution in [3.05, 3.63) is 47.7 Å². The Kier molecular flexibility index (Phi) is 6.43. The minimum atomic E-state index is -4.17. The Labute approximate surface area is 173 Å². The van der Waals surface area contributed by atoms with Gasteiger partial charge < -0.3 is 10.2 Å². The molecule has 0 spiro atoms. The van der Waals surface area contributed by atoms with E-state index in [0.717, 1.165) is 16.5 Å². The van der Waals surface area contributed by atoms with Crippen LogP contribution in [0.1, 0.15) is 41.6 Å². The fourth-order valence-electron chi connectivity index (χ4n) is 3.53. The third-order valence-electron chi connectivity index (χ3n) is 5.32. The van der Waals surface area contributed by atoms with Crippen LogP contribution in [0.25, 0.3) is 16.5 Å². The van der Waals surface area contributed by atoms with Crippen LogP contribution in [-0.4, -0.2) is 48.5 Å². The number of allylic oxidation sites excluding steroid dienone is 2. The fraction of sp³-hybridized carbons (Fsp3) is 0.409. The van der Waals surface area contributed by atoms with Gasteiger partial charge in [0.25, 0.3) is 5.91 Å². The largest absolute Gasteiger partial charge is 0.392 e. The van der Waals surface area contributed by atoms with E-state index in [2.05, 4.69) is 10.3 Å². The number of alkyl halides is 3. The number of rotatable bonds is 5. The second kappa shape index (κ2) is 8.85. The van der Waals surface area contributed by atoms with Gasteiger partial charge in [0.1, 0.15) is 0 Å². The molecular formula is C22H24F3N3O2. The molecule has 5 nitrogen and oxygen atoms in total. The van der Waals surface area contributed by atoms with Gasteiger partial charge in [-0.05, 0) is 30.9 Å². The maximum absolute atomic E-state index is 12.9. The summed E-state index contributed by atoms with van der Waals surface area (Å²) in [5.74, 6) is -1.70. The normalized spacial score (nSPS) is 16.8. The molecule has 0 aliphatic heterocycles. The molecule has 3 rings (SSSR count). The third kappa shape index (κ3) is 4.98. The van der Waals surface area contributed by atoms with Crippen LogP contribution in [0, 0.1) is 5.92 Å². The molecule has 160 valence electrons. The summed E-state index contributed by atoms with van der Waals surface area (Å²) in [6.45, 7) is 0.223. The van der Waals surface area contributed by atoms with E-state index in [4.69, 9.17) is 0 Å². The summed E-state index contributed by atoms with van der Waals surface area (Å²) in [5.41, 5.74) is 2.69. The molecule has 0 fully saturated rings. The van der Waals surface area contributed by atoms with Crippen molar-refractivity contribution in [2.45, 2.75) is 31.9 Å². The Morgan fingerprint density at radius 1 is 1.27 bits per heavy atom. The topological polar surface area (TPSA) is 62.3 Å². The van der Waals surface area contributed by atoms with E-state index in [1.165, 1.54) is 11.1 Å². The molecule has 1 aliphatic carbocycles. The number of para-hydroxylation sites is 1. The monoisotopic (exact) mass is 419 g/mol. The van der Waals surface area contributed by atoms with Crippen LogP contribution in [-0.2, 0) is 4.79 Å². The summed E-state index contributed by atoms with van der Waals surface area (Å²) in [4.78, 5) is 29.8. The van der Waals surface area contributed by atoms with Crippen LogP contribution >= 0.6 is 0 Å². The summed E-state index contributed by atoms with van der Waals surface area (Å²) in [5, 5.41) is 3.44. The molecule has 1 aromatic carbocycles. The van der Waals surface area contributed by atoms with Gasteiger partial charge in [0.05, 0.1) is 17.0 Å². The summed E-state index contributed by atoms with van der Waals surface area (Å²) in [6, 6.07) is 7.19. The first-order valence-corrected chi connectivity index (χ1v) is 9.80. The van der Waals surface area contributed by atoms with Crippen molar-refractivity contribution in [2.24, 2.45) is 5.92 Å². The molecule has 0 bridgehead atoms. The number of fused-ring (bicyclic) bond motifs is 1. The van der Waals surface area contributed by atoms with Gasteiger partial charge in [-0.15, -0.1) is 0 Å². The number of pyridine rings is 1. The van der Waals surface area contributed by atoms with Gasteiger partial charge in [-0.25, -0.2) is 0 Å². The molecule has 1 heterocycles. The van der Waals surface area contributed by atoms with E-state index in [9.17, 15) is 22.8 Å². The Bertz CT molecular complexity index is 983. The van der Waals surface area contributed by atoms with Gasteiger partial charge in [-0.1, -0.05) is 24.3 Å². The van der Waals surface area contributed by atoms with E-state index in [1.54, 1.807) is 26.2 Å². The molecule has 2 aromatic rings. The van der Waals surface area contributed by atoms with Crippen LogP contribution in [0.5, 0.6) is 0 Å². The molecule has 0 radical (unpaired) electrons. The zero-order chi connectivity index (χ0) is 21.9. The maximum Gasteiger partial charge on any atom is 0.392 e.